The van der Waals surface area contributed by atoms with E-state index in [1.54, 1.807) is 29.5 Å². The van der Waals surface area contributed by atoms with Crippen molar-refractivity contribution in [1.82, 2.24) is 0 Å². The van der Waals surface area contributed by atoms with E-state index in [1.807, 2.05) is 19.9 Å². The number of aliphatic imine (C=N–C) groups is 1. The van der Waals surface area contributed by atoms with Gasteiger partial charge in [0.25, 0.3) is 0 Å². The zero-order valence-electron chi connectivity index (χ0n) is 18.7. The van der Waals surface area contributed by atoms with Gasteiger partial charge in [-0.05, 0) is 92.1 Å². The molecule has 0 fully saturated rings. The molecule has 0 saturated carbocycles. The van der Waals surface area contributed by atoms with E-state index in [4.69, 9.17) is 19.9 Å². The molecule has 4 rings (SSSR count). The van der Waals surface area contributed by atoms with Gasteiger partial charge in [0.15, 0.2) is 0 Å². The van der Waals surface area contributed by atoms with E-state index in [2.05, 4.69) is 43.6 Å². The van der Waals surface area contributed by atoms with Gasteiger partial charge in [-0.3, -0.25) is 4.99 Å². The highest BCUT2D eigenvalue weighted by Gasteiger charge is 2.20. The Kier molecular flexibility index (Phi) is 6.10. The fourth-order valence-electron chi connectivity index (χ4n) is 3.97. The predicted molar refractivity (Wildman–Crippen MR) is 136 cm³/mol. The van der Waals surface area contributed by atoms with Gasteiger partial charge in [-0.25, -0.2) is 14.3 Å². The van der Waals surface area contributed by atoms with Crippen molar-refractivity contribution in [3.63, 3.8) is 0 Å². The molecule has 166 valence electrons. The van der Waals surface area contributed by atoms with Crippen molar-refractivity contribution in [3.8, 4) is 5.75 Å². The Morgan fingerprint density at radius 1 is 1.28 bits per heavy atom. The van der Waals surface area contributed by atoms with Crippen LogP contribution in [-0.2, 0) is 9.71 Å². The molecule has 1 aliphatic heterocycles. The first-order valence-corrected chi connectivity index (χ1v) is 12.9. The van der Waals surface area contributed by atoms with Crippen LogP contribution < -0.4 is 14.5 Å². The Bertz CT molecular complexity index is 1450. The van der Waals surface area contributed by atoms with Crippen LogP contribution in [0, 0.1) is 0 Å². The van der Waals surface area contributed by atoms with Gasteiger partial charge in [0.1, 0.15) is 16.1 Å². The first kappa shape index (κ1) is 22.5. The predicted octanol–water partition coefficient (Wildman–Crippen LogP) is 5.62. The van der Waals surface area contributed by atoms with E-state index >= 15 is 0 Å². The minimum atomic E-state index is -2.95. The van der Waals surface area contributed by atoms with E-state index in [1.165, 1.54) is 16.7 Å². The molecule has 0 aliphatic carbocycles. The monoisotopic (exact) mass is 465 g/mol. The lowest BCUT2D eigenvalue weighted by atomic mass is 9.89. The smallest absolute Gasteiger partial charge is 0.145 e. The lowest BCUT2D eigenvalue weighted by Crippen LogP contribution is -2.13. The van der Waals surface area contributed by atoms with E-state index in [-0.39, 0.29) is 6.10 Å². The molecule has 7 heteroatoms. The van der Waals surface area contributed by atoms with Crippen LogP contribution in [0.2, 0.25) is 0 Å². The summed E-state index contributed by atoms with van der Waals surface area (Å²) in [5, 5.41) is 9.53. The van der Waals surface area contributed by atoms with Gasteiger partial charge in [-0.2, -0.15) is 0 Å². The van der Waals surface area contributed by atoms with Crippen LogP contribution in [-0.4, -0.2) is 21.0 Å². The van der Waals surface area contributed by atoms with E-state index in [0.29, 0.717) is 22.3 Å². The summed E-state index contributed by atoms with van der Waals surface area (Å²) in [6.07, 6.45) is 0.949. The number of nitrogens with two attached hydrogens (primary N) is 1. The van der Waals surface area contributed by atoms with Crippen molar-refractivity contribution in [2.75, 3.05) is 0 Å². The molecule has 32 heavy (non-hydrogen) atoms. The molecule has 2 N–H and O–H groups in total. The topological polar surface area (TPSA) is 77.0 Å². The summed E-state index contributed by atoms with van der Waals surface area (Å²) in [5.41, 5.74) is 4.10. The molecule has 1 aliphatic rings. The summed E-state index contributed by atoms with van der Waals surface area (Å²) in [6.45, 7) is 11.7. The second-order valence-electron chi connectivity index (χ2n) is 8.29. The van der Waals surface area contributed by atoms with Gasteiger partial charge in [-0.1, -0.05) is 13.0 Å². The maximum absolute atomic E-state index is 12.6. The van der Waals surface area contributed by atoms with Crippen LogP contribution in [0.3, 0.4) is 0 Å². The standard InChI is InChI=1S/C25H27N3O2S2/c1-6-32(26,29)18-7-10-22(30-15(2)3)21(14-18)28-24-12-8-19-23(31-24)11-9-20-25(19)16(4)13-17(5)27-20/h7-12,14-16H,1,13H2,2-5H3,(H2,26,29). The molecular weight excluding hydrogens is 438 g/mol. The van der Waals surface area contributed by atoms with Crippen LogP contribution >= 0.6 is 11.3 Å². The highest BCUT2D eigenvalue weighted by Crippen LogP contribution is 2.40. The molecule has 0 saturated heterocycles. The highest BCUT2D eigenvalue weighted by atomic mass is 32.2. The van der Waals surface area contributed by atoms with Crippen LogP contribution in [0.5, 0.6) is 5.75 Å². The Labute approximate surface area is 193 Å². The number of fused-ring (bicyclic) bond motifs is 3. The number of hydrogen-bond acceptors (Lipinski definition) is 5. The molecule has 2 unspecified atom stereocenters. The minimum absolute atomic E-state index is 0.0275. The van der Waals surface area contributed by atoms with Crippen molar-refractivity contribution in [3.05, 3.63) is 59.3 Å². The molecule has 5 nitrogen and oxygen atoms in total. The van der Waals surface area contributed by atoms with Crippen LogP contribution in [0.15, 0.2) is 63.9 Å². The maximum Gasteiger partial charge on any atom is 0.145 e. The summed E-state index contributed by atoms with van der Waals surface area (Å²) in [6, 6.07) is 13.5. The molecule has 1 aromatic heterocycles. The number of benzene rings is 2. The van der Waals surface area contributed by atoms with Gasteiger partial charge >= 0.3 is 0 Å². The van der Waals surface area contributed by atoms with Crippen LogP contribution in [0.1, 0.15) is 45.6 Å². The second kappa shape index (κ2) is 8.68. The minimum Gasteiger partial charge on any atom is -0.489 e. The fourth-order valence-corrected chi connectivity index (χ4v) is 5.62. The Morgan fingerprint density at radius 2 is 2.06 bits per heavy atom. The Morgan fingerprint density at radius 3 is 2.78 bits per heavy atom. The summed E-state index contributed by atoms with van der Waals surface area (Å²) in [5.74, 6) is 1.04. The second-order valence-corrected chi connectivity index (χ2v) is 11.3. The third-order valence-electron chi connectivity index (χ3n) is 5.33. The van der Waals surface area contributed by atoms with Gasteiger partial charge in [0.2, 0.25) is 0 Å². The summed E-state index contributed by atoms with van der Waals surface area (Å²) >= 11 is 1.60. The van der Waals surface area contributed by atoms with Crippen molar-refractivity contribution in [2.45, 2.75) is 51.0 Å². The SMILES string of the molecule is C=C=S(N)(=O)c1ccc(OC(C)C)c(N=c2ccc3c4c(ccc3s2)N=C(C)CC4C)c1. The van der Waals surface area contributed by atoms with E-state index in [0.717, 1.165) is 21.5 Å². The summed E-state index contributed by atoms with van der Waals surface area (Å²) < 4.78 is 20.5. The van der Waals surface area contributed by atoms with E-state index < -0.39 is 9.71 Å². The zero-order chi connectivity index (χ0) is 23.0. The number of ether oxygens (including phenoxy) is 1. The van der Waals surface area contributed by atoms with Crippen molar-refractivity contribution in [2.24, 2.45) is 15.1 Å². The molecule has 0 bridgehead atoms. The first-order chi connectivity index (χ1) is 15.2. The molecule has 2 atom stereocenters. The molecule has 0 amide bonds. The van der Waals surface area contributed by atoms with Gasteiger partial charge in [0, 0.05) is 10.4 Å². The Hall–Kier alpha value is -2.70. The van der Waals surface area contributed by atoms with Crippen molar-refractivity contribution < 1.29 is 8.95 Å². The van der Waals surface area contributed by atoms with Gasteiger partial charge in [0.05, 0.1) is 26.4 Å². The van der Waals surface area contributed by atoms with Gasteiger partial charge in [-0.15, -0.1) is 11.3 Å². The molecule has 0 spiro atoms. The number of hydrogen-bond donors (Lipinski definition) is 1. The molecule has 3 aromatic rings. The normalized spacial score (nSPS) is 18.1. The third-order valence-corrected chi connectivity index (χ3v) is 7.72. The lowest BCUT2D eigenvalue weighted by molar-refractivity contribution is 0.243. The summed E-state index contributed by atoms with van der Waals surface area (Å²) in [4.78, 5) is 10.0. The third kappa shape index (κ3) is 4.43. The first-order valence-electron chi connectivity index (χ1n) is 10.5. The van der Waals surface area contributed by atoms with Crippen molar-refractivity contribution >= 4 is 53.2 Å². The maximum atomic E-state index is 12.6. The number of nitrogens with zero attached hydrogens (tertiary/aromatic N) is 2. The van der Waals surface area contributed by atoms with Crippen molar-refractivity contribution in [1.29, 1.82) is 0 Å². The summed E-state index contributed by atoms with van der Waals surface area (Å²) in [7, 11) is -2.95. The molecule has 2 heterocycles. The van der Waals surface area contributed by atoms with Crippen LogP contribution in [0.4, 0.5) is 11.4 Å². The molecule has 2 aromatic carbocycles. The average molecular weight is 466 g/mol. The largest absolute Gasteiger partial charge is 0.489 e. The quantitative estimate of drug-likeness (QED) is 0.507. The van der Waals surface area contributed by atoms with E-state index in [9.17, 15) is 4.21 Å². The average Bonchev–Trinajstić information content (AvgIpc) is 2.74. The Balaban J connectivity index is 1.89. The zero-order valence-corrected chi connectivity index (χ0v) is 20.3. The molecule has 0 radical (unpaired) electrons. The van der Waals surface area contributed by atoms with Gasteiger partial charge < -0.3 is 4.74 Å². The lowest BCUT2D eigenvalue weighted by Gasteiger charge is -2.21. The fraction of sp³-hybridized carbons (Fsp3) is 0.280. The highest BCUT2D eigenvalue weighted by molar-refractivity contribution is 7.98. The number of rotatable bonds is 4. The van der Waals surface area contributed by atoms with Crippen LogP contribution in [0.25, 0.3) is 10.1 Å². The molecular formula is C25H27N3O2S2.